The molecule has 0 aliphatic carbocycles. The van der Waals surface area contributed by atoms with E-state index in [0.29, 0.717) is 35.7 Å². The summed E-state index contributed by atoms with van der Waals surface area (Å²) in [6.07, 6.45) is -2.10. The summed E-state index contributed by atoms with van der Waals surface area (Å²) >= 11 is 1.28. The van der Waals surface area contributed by atoms with Crippen LogP contribution in [0.2, 0.25) is 0 Å². The van der Waals surface area contributed by atoms with Crippen molar-refractivity contribution in [2.45, 2.75) is 63.9 Å². The third-order valence-electron chi connectivity index (χ3n) is 7.79. The number of hydrogen-bond donors (Lipinski definition) is 6. The van der Waals surface area contributed by atoms with Crippen LogP contribution in [0, 0.1) is 28.8 Å². The minimum atomic E-state index is -1.69. The highest BCUT2D eigenvalue weighted by Gasteiger charge is 2.42. The number of nitrogens with zero attached hydrogens (tertiary/aromatic N) is 1. The highest BCUT2D eigenvalue weighted by molar-refractivity contribution is 8.00. The van der Waals surface area contributed by atoms with Crippen molar-refractivity contribution in [2.24, 2.45) is 17.1 Å². The summed E-state index contributed by atoms with van der Waals surface area (Å²) in [6, 6.07) is 5.82. The number of aliphatic carboxylic acids is 1. The molecule has 2 amide bonds. The molecule has 3 rings (SSSR count). The Labute approximate surface area is 251 Å². The Bertz CT molecular complexity index is 1310. The fourth-order valence-corrected chi connectivity index (χ4v) is 5.90. The molecule has 1 unspecified atom stereocenters. The summed E-state index contributed by atoms with van der Waals surface area (Å²) in [5.74, 6) is -5.69. The van der Waals surface area contributed by atoms with Crippen LogP contribution in [-0.2, 0) is 27.3 Å². The Kier molecular flexibility index (Phi) is 11.5. The van der Waals surface area contributed by atoms with E-state index in [-0.39, 0.29) is 24.9 Å². The molecule has 4 atom stereocenters. The molecule has 236 valence electrons. The van der Waals surface area contributed by atoms with Crippen molar-refractivity contribution >= 4 is 35.2 Å². The van der Waals surface area contributed by atoms with Gasteiger partial charge in [-0.05, 0) is 35.7 Å². The molecule has 1 saturated heterocycles. The third-order valence-corrected chi connectivity index (χ3v) is 8.99. The van der Waals surface area contributed by atoms with Crippen LogP contribution in [0.4, 0.5) is 18.9 Å². The molecule has 1 heterocycles. The lowest BCUT2D eigenvalue weighted by molar-refractivity contribution is -0.147. The SMILES string of the molecule is CC(C(O)O)C(C)(C)[C@@H](Nc1ccc(CNC(=O)[C@@H]2SCCN2C(=O)C[C@H](N)Cc2cc(F)c(F)cc2F)cc1)C(=O)O. The number of hydrogen-bond acceptors (Lipinski definition) is 8. The van der Waals surface area contributed by atoms with Gasteiger partial charge >= 0.3 is 5.97 Å². The molecule has 43 heavy (non-hydrogen) atoms. The molecule has 2 aromatic carbocycles. The molecule has 14 heteroatoms. The molecule has 0 saturated carbocycles. The number of anilines is 1. The lowest BCUT2D eigenvalue weighted by Gasteiger charge is -2.38. The minimum Gasteiger partial charge on any atom is -0.480 e. The van der Waals surface area contributed by atoms with E-state index in [1.807, 2.05) is 0 Å². The average molecular weight is 627 g/mol. The number of aliphatic hydroxyl groups excluding tert-OH is 1. The van der Waals surface area contributed by atoms with Gasteiger partial charge in [0.25, 0.3) is 5.91 Å². The van der Waals surface area contributed by atoms with E-state index in [9.17, 15) is 42.9 Å². The number of carboxylic acid groups (broad SMARTS) is 1. The number of thioether (sulfide) groups is 1. The number of halogens is 3. The minimum absolute atomic E-state index is 0.134. The van der Waals surface area contributed by atoms with Crippen molar-refractivity contribution in [3.8, 4) is 0 Å². The molecule has 1 fully saturated rings. The predicted molar refractivity (Wildman–Crippen MR) is 155 cm³/mol. The number of carboxylic acids is 1. The van der Waals surface area contributed by atoms with Gasteiger partial charge in [0.15, 0.2) is 23.3 Å². The number of benzene rings is 2. The van der Waals surface area contributed by atoms with Gasteiger partial charge in [-0.3, -0.25) is 9.59 Å². The summed E-state index contributed by atoms with van der Waals surface area (Å²) < 4.78 is 40.7. The fourth-order valence-electron chi connectivity index (χ4n) is 4.73. The molecule has 0 radical (unpaired) electrons. The monoisotopic (exact) mass is 626 g/mol. The molecule has 2 aromatic rings. The van der Waals surface area contributed by atoms with E-state index < -0.39 is 70.3 Å². The summed E-state index contributed by atoms with van der Waals surface area (Å²) in [5.41, 5.74) is 6.03. The second-order valence-electron chi connectivity index (χ2n) is 11.2. The van der Waals surface area contributed by atoms with Gasteiger partial charge in [0.2, 0.25) is 5.91 Å². The quantitative estimate of drug-likeness (QED) is 0.145. The smallest absolute Gasteiger partial charge is 0.326 e. The van der Waals surface area contributed by atoms with Crippen molar-refractivity contribution in [3.05, 3.63) is 65.0 Å². The molecule has 0 spiro atoms. The average Bonchev–Trinajstić information content (AvgIpc) is 3.43. The number of rotatable bonds is 13. The van der Waals surface area contributed by atoms with Crippen molar-refractivity contribution in [2.75, 3.05) is 17.6 Å². The topological polar surface area (TPSA) is 165 Å². The maximum atomic E-state index is 14.0. The van der Waals surface area contributed by atoms with Crippen LogP contribution in [-0.4, -0.2) is 74.0 Å². The number of nitrogens with one attached hydrogen (secondary N) is 2. The first kappa shape index (κ1) is 34.2. The van der Waals surface area contributed by atoms with Gasteiger partial charge < -0.3 is 36.6 Å². The van der Waals surface area contributed by atoms with Crippen LogP contribution in [0.1, 0.15) is 38.3 Å². The van der Waals surface area contributed by atoms with Crippen LogP contribution in [0.15, 0.2) is 36.4 Å². The summed E-state index contributed by atoms with van der Waals surface area (Å²) in [4.78, 5) is 39.2. The first-order valence-electron chi connectivity index (χ1n) is 13.6. The second-order valence-corrected chi connectivity index (χ2v) is 12.4. The van der Waals surface area contributed by atoms with Crippen LogP contribution in [0.5, 0.6) is 0 Å². The van der Waals surface area contributed by atoms with Gasteiger partial charge in [0.1, 0.15) is 11.9 Å². The van der Waals surface area contributed by atoms with E-state index in [2.05, 4.69) is 10.6 Å². The van der Waals surface area contributed by atoms with Crippen LogP contribution in [0.25, 0.3) is 0 Å². The normalized spacial score (nSPS) is 17.4. The van der Waals surface area contributed by atoms with Crippen LogP contribution in [0.3, 0.4) is 0 Å². The fraction of sp³-hybridized carbons (Fsp3) is 0.483. The van der Waals surface area contributed by atoms with Crippen LogP contribution < -0.4 is 16.4 Å². The Balaban J connectivity index is 1.55. The summed E-state index contributed by atoms with van der Waals surface area (Å²) in [5, 5.41) is 33.8. The van der Waals surface area contributed by atoms with E-state index in [1.54, 1.807) is 45.0 Å². The van der Waals surface area contributed by atoms with Gasteiger partial charge in [0.05, 0.1) is 0 Å². The second kappa shape index (κ2) is 14.4. The Morgan fingerprint density at radius 1 is 1.09 bits per heavy atom. The first-order valence-corrected chi connectivity index (χ1v) is 14.7. The molecular weight excluding hydrogens is 589 g/mol. The highest BCUT2D eigenvalue weighted by Crippen LogP contribution is 2.34. The molecule has 0 aromatic heterocycles. The van der Waals surface area contributed by atoms with Gasteiger partial charge in [0, 0.05) is 54.4 Å². The first-order chi connectivity index (χ1) is 20.1. The lowest BCUT2D eigenvalue weighted by Crippen LogP contribution is -2.49. The van der Waals surface area contributed by atoms with Crippen molar-refractivity contribution < 1.29 is 42.9 Å². The van der Waals surface area contributed by atoms with Gasteiger partial charge in [-0.25, -0.2) is 18.0 Å². The lowest BCUT2D eigenvalue weighted by atomic mass is 9.73. The zero-order valence-electron chi connectivity index (χ0n) is 24.0. The standard InChI is InChI=1S/C29H37F3N4O6S/c1-15(27(39)40)29(2,3)24(28(41)42)35-19-6-4-16(5-7-19)14-34-25(38)26-36(8-9-43-26)23(37)12-18(33)10-17-11-21(31)22(32)13-20(17)30/h4-7,11,13,15,18,24,26-27,35,39-40H,8-10,12,14,33H2,1-3H3,(H,34,38)(H,41,42)/t15?,18-,24+,26+/m1/s1. The molecule has 1 aliphatic rings. The zero-order chi connectivity index (χ0) is 32.1. The van der Waals surface area contributed by atoms with E-state index in [4.69, 9.17) is 5.73 Å². The number of carbonyl (C=O) groups is 3. The Morgan fingerprint density at radius 2 is 1.72 bits per heavy atom. The van der Waals surface area contributed by atoms with E-state index in [0.717, 1.165) is 0 Å². The van der Waals surface area contributed by atoms with Gasteiger partial charge in [-0.15, -0.1) is 11.8 Å². The molecule has 10 nitrogen and oxygen atoms in total. The van der Waals surface area contributed by atoms with Crippen LogP contribution >= 0.6 is 11.8 Å². The molecule has 1 aliphatic heterocycles. The maximum absolute atomic E-state index is 14.0. The van der Waals surface area contributed by atoms with Crippen molar-refractivity contribution in [1.29, 1.82) is 0 Å². The maximum Gasteiger partial charge on any atom is 0.326 e. The number of amides is 2. The third kappa shape index (κ3) is 8.62. The van der Waals surface area contributed by atoms with Gasteiger partial charge in [-0.1, -0.05) is 32.9 Å². The van der Waals surface area contributed by atoms with Crippen molar-refractivity contribution in [1.82, 2.24) is 10.2 Å². The zero-order valence-corrected chi connectivity index (χ0v) is 24.8. The highest BCUT2D eigenvalue weighted by atomic mass is 32.2. The Hall–Kier alpha value is -3.33. The summed E-state index contributed by atoms with van der Waals surface area (Å²) in [7, 11) is 0. The molecule has 0 bridgehead atoms. The molecule has 7 N–H and O–H groups in total. The largest absolute Gasteiger partial charge is 0.480 e. The number of nitrogens with two attached hydrogens (primary N) is 1. The predicted octanol–water partition coefficient (Wildman–Crippen LogP) is 2.42. The van der Waals surface area contributed by atoms with Crippen molar-refractivity contribution in [3.63, 3.8) is 0 Å². The Morgan fingerprint density at radius 3 is 2.33 bits per heavy atom. The number of aliphatic hydroxyl groups is 2. The molecular formula is C29H37F3N4O6S. The van der Waals surface area contributed by atoms with E-state index >= 15 is 0 Å². The number of carbonyl (C=O) groups excluding carboxylic acids is 2. The van der Waals surface area contributed by atoms with Gasteiger partial charge in [-0.2, -0.15) is 0 Å². The van der Waals surface area contributed by atoms with E-state index in [1.165, 1.54) is 16.7 Å². The summed E-state index contributed by atoms with van der Waals surface area (Å²) in [6.45, 7) is 5.25.